The molecule has 0 fully saturated rings. The van der Waals surface area contributed by atoms with Gasteiger partial charge < -0.3 is 25.0 Å². The molecular formula is C36H55NO7S. The third-order valence-corrected chi connectivity index (χ3v) is 8.74. The average Bonchev–Trinajstić information content (AvgIpc) is 3.03. The number of ether oxygens (including phenoxy) is 2. The first kappa shape index (κ1) is 40.1. The number of aliphatic carboxylic acids is 1. The third-order valence-electron chi connectivity index (χ3n) is 7.58. The van der Waals surface area contributed by atoms with Crippen LogP contribution in [0, 0.1) is 17.8 Å². The summed E-state index contributed by atoms with van der Waals surface area (Å²) in [5.74, 6) is 4.31. The van der Waals surface area contributed by atoms with E-state index in [1.807, 2.05) is 11.8 Å². The van der Waals surface area contributed by atoms with Gasteiger partial charge in [-0.3, -0.25) is 4.79 Å². The van der Waals surface area contributed by atoms with Crippen molar-refractivity contribution in [3.8, 4) is 17.6 Å². The summed E-state index contributed by atoms with van der Waals surface area (Å²) in [6.45, 7) is 5.97. The molecule has 9 heteroatoms. The lowest BCUT2D eigenvalue weighted by Gasteiger charge is -2.30. The summed E-state index contributed by atoms with van der Waals surface area (Å²) >= 11 is 2.02. The Bertz CT molecular complexity index is 1080. The second-order valence-corrected chi connectivity index (χ2v) is 12.5. The van der Waals surface area contributed by atoms with E-state index in [9.17, 15) is 24.6 Å². The number of nitrogens with one attached hydrogen (secondary N) is 1. The first-order valence-electron chi connectivity index (χ1n) is 16.4. The van der Waals surface area contributed by atoms with Gasteiger partial charge in [0.1, 0.15) is 18.4 Å². The van der Waals surface area contributed by atoms with Crippen LogP contribution >= 0.6 is 11.8 Å². The molecule has 1 amide bonds. The van der Waals surface area contributed by atoms with Gasteiger partial charge >= 0.3 is 11.9 Å². The van der Waals surface area contributed by atoms with E-state index in [1.165, 1.54) is 63.2 Å². The number of carbonyl (C=O) groups is 3. The number of hydrogen-bond acceptors (Lipinski definition) is 7. The van der Waals surface area contributed by atoms with Crippen molar-refractivity contribution in [2.45, 2.75) is 116 Å². The number of methoxy groups -OCH3 is 1. The van der Waals surface area contributed by atoms with Crippen LogP contribution in [0.15, 0.2) is 36.4 Å². The fourth-order valence-corrected chi connectivity index (χ4v) is 5.97. The van der Waals surface area contributed by atoms with Gasteiger partial charge in [0.2, 0.25) is 5.91 Å². The summed E-state index contributed by atoms with van der Waals surface area (Å²) in [7, 11) is 1.22. The zero-order valence-electron chi connectivity index (χ0n) is 27.8. The van der Waals surface area contributed by atoms with Crippen LogP contribution in [0.1, 0.15) is 103 Å². The normalized spacial score (nSPS) is 13.7. The summed E-state index contributed by atoms with van der Waals surface area (Å²) in [4.78, 5) is 38.4. The number of amides is 1. The Morgan fingerprint density at radius 1 is 0.978 bits per heavy atom. The first-order chi connectivity index (χ1) is 21.7. The van der Waals surface area contributed by atoms with E-state index in [2.05, 4.69) is 24.1 Å². The van der Waals surface area contributed by atoms with Gasteiger partial charge in [0.25, 0.3) is 0 Å². The molecule has 3 atom stereocenters. The highest BCUT2D eigenvalue weighted by Crippen LogP contribution is 2.27. The van der Waals surface area contributed by atoms with E-state index in [4.69, 9.17) is 9.47 Å². The van der Waals surface area contributed by atoms with Crippen LogP contribution in [0.5, 0.6) is 5.75 Å². The summed E-state index contributed by atoms with van der Waals surface area (Å²) in [5, 5.41) is 23.8. The molecule has 0 aromatic heterocycles. The number of carboxylic acids is 1. The lowest BCUT2D eigenvalue weighted by molar-refractivity contribution is -0.167. The Morgan fingerprint density at radius 2 is 1.62 bits per heavy atom. The Morgan fingerprint density at radius 3 is 2.20 bits per heavy atom. The van der Waals surface area contributed by atoms with Gasteiger partial charge in [-0.1, -0.05) is 89.0 Å². The standard InChI is InChI=1S/C36H55NO7S/c1-5-8-10-14-17-26-45-27-18-15-12-11-13-16-19-31(36(42,24-7-3)35(40)41)33(38)37-32(34(39)43-4)28-29-20-22-30(23-21-29)44-25-9-6-2/h16,19-23,31-32,42H,5,7-8,10-15,17-18,24-28H2,1-4H3,(H,37,38)(H,40,41)/t31-,32+,36+/m1/s1. The molecule has 1 aromatic rings. The molecule has 8 nitrogen and oxygen atoms in total. The van der Waals surface area contributed by atoms with Crippen LogP contribution in [0.3, 0.4) is 0 Å². The zero-order chi connectivity index (χ0) is 33.3. The number of allylic oxidation sites excluding steroid dienone is 1. The van der Waals surface area contributed by atoms with Gasteiger partial charge in [0, 0.05) is 6.42 Å². The van der Waals surface area contributed by atoms with Crippen molar-refractivity contribution in [2.75, 3.05) is 25.2 Å². The molecule has 45 heavy (non-hydrogen) atoms. The number of thioether (sulfide) groups is 1. The fourth-order valence-electron chi connectivity index (χ4n) is 4.95. The van der Waals surface area contributed by atoms with Crippen LogP contribution in [0.2, 0.25) is 0 Å². The molecule has 0 saturated heterocycles. The number of carbonyl (C=O) groups excluding carboxylic acids is 2. The molecule has 0 spiro atoms. The maximum atomic E-state index is 13.5. The molecule has 0 heterocycles. The van der Waals surface area contributed by atoms with Crippen molar-refractivity contribution >= 4 is 29.6 Å². The molecular weight excluding hydrogens is 590 g/mol. The maximum absolute atomic E-state index is 13.5. The van der Waals surface area contributed by atoms with Crippen molar-refractivity contribution in [3.63, 3.8) is 0 Å². The van der Waals surface area contributed by atoms with E-state index < -0.39 is 35.4 Å². The van der Waals surface area contributed by atoms with Crippen molar-refractivity contribution in [1.82, 2.24) is 5.32 Å². The van der Waals surface area contributed by atoms with Crippen molar-refractivity contribution < 1.29 is 34.1 Å². The van der Waals surface area contributed by atoms with Crippen LogP contribution in [-0.2, 0) is 25.5 Å². The molecule has 0 aliphatic carbocycles. The second-order valence-electron chi connectivity index (χ2n) is 11.3. The first-order valence-corrected chi connectivity index (χ1v) is 17.6. The van der Waals surface area contributed by atoms with Gasteiger partial charge in [-0.05, 0) is 68.2 Å². The Hall–Kier alpha value is -2.96. The minimum absolute atomic E-state index is 0.111. The lowest BCUT2D eigenvalue weighted by Crippen LogP contribution is -2.54. The Balaban J connectivity index is 2.79. The molecule has 0 bridgehead atoms. The quantitative estimate of drug-likeness (QED) is 0.0463. The molecule has 0 radical (unpaired) electrons. The highest BCUT2D eigenvalue weighted by atomic mass is 32.2. The van der Waals surface area contributed by atoms with Gasteiger partial charge in [0.15, 0.2) is 5.60 Å². The van der Waals surface area contributed by atoms with Crippen LogP contribution in [0.25, 0.3) is 0 Å². The Labute approximate surface area is 275 Å². The molecule has 0 saturated carbocycles. The van der Waals surface area contributed by atoms with Crippen molar-refractivity contribution in [1.29, 1.82) is 0 Å². The summed E-state index contributed by atoms with van der Waals surface area (Å²) in [6, 6.07) is 5.95. The van der Waals surface area contributed by atoms with E-state index in [-0.39, 0.29) is 19.4 Å². The highest BCUT2D eigenvalue weighted by molar-refractivity contribution is 7.99. The lowest BCUT2D eigenvalue weighted by atomic mass is 9.82. The zero-order valence-corrected chi connectivity index (χ0v) is 28.6. The number of benzene rings is 1. The van der Waals surface area contributed by atoms with E-state index in [0.717, 1.165) is 24.8 Å². The van der Waals surface area contributed by atoms with Gasteiger partial charge in [-0.2, -0.15) is 11.8 Å². The molecule has 0 aliphatic rings. The van der Waals surface area contributed by atoms with Gasteiger partial charge in [0.05, 0.1) is 13.0 Å². The number of unbranched alkanes of at least 4 members (excludes halogenated alkanes) is 8. The highest BCUT2D eigenvalue weighted by Gasteiger charge is 2.46. The van der Waals surface area contributed by atoms with Crippen LogP contribution in [-0.4, -0.2) is 64.9 Å². The topological polar surface area (TPSA) is 122 Å². The third kappa shape index (κ3) is 16.3. The van der Waals surface area contributed by atoms with E-state index in [1.54, 1.807) is 44.2 Å². The summed E-state index contributed by atoms with van der Waals surface area (Å²) in [5.41, 5.74) is -1.58. The van der Waals surface area contributed by atoms with Crippen LogP contribution < -0.4 is 10.1 Å². The fraction of sp³-hybridized carbons (Fsp3) is 0.639. The Kier molecular flexibility index (Phi) is 21.6. The van der Waals surface area contributed by atoms with Crippen molar-refractivity contribution in [2.24, 2.45) is 5.92 Å². The second kappa shape index (κ2) is 24.3. The smallest absolute Gasteiger partial charge is 0.336 e. The minimum atomic E-state index is -2.32. The van der Waals surface area contributed by atoms with Gasteiger partial charge in [-0.15, -0.1) is 5.92 Å². The molecule has 1 aromatic carbocycles. The number of esters is 1. The summed E-state index contributed by atoms with van der Waals surface area (Å²) in [6.07, 6.45) is 15.0. The molecule has 0 unspecified atom stereocenters. The number of rotatable bonds is 25. The predicted molar refractivity (Wildman–Crippen MR) is 182 cm³/mol. The van der Waals surface area contributed by atoms with E-state index >= 15 is 0 Å². The molecule has 1 rings (SSSR count). The number of carboxylic acid groups (broad SMARTS) is 1. The number of aliphatic hydroxyl groups is 1. The van der Waals surface area contributed by atoms with Crippen LogP contribution in [0.4, 0.5) is 0 Å². The average molecular weight is 646 g/mol. The SMILES string of the molecule is CC#CCOc1ccc(C[C@H](NC(=O)[C@@H](C=CCCCCCCSCCCCCCC)[C@@](O)(CCC)C(=O)O)C(=O)OC)cc1. The largest absolute Gasteiger partial charge is 0.481 e. The predicted octanol–water partition coefficient (Wildman–Crippen LogP) is 6.73. The van der Waals surface area contributed by atoms with E-state index in [0.29, 0.717) is 18.6 Å². The maximum Gasteiger partial charge on any atom is 0.336 e. The molecule has 0 aliphatic heterocycles. The minimum Gasteiger partial charge on any atom is -0.481 e. The molecule has 252 valence electrons. The van der Waals surface area contributed by atoms with Gasteiger partial charge in [-0.25, -0.2) is 9.59 Å². The van der Waals surface area contributed by atoms with Crippen molar-refractivity contribution in [3.05, 3.63) is 42.0 Å². The molecule has 3 N–H and O–H groups in total. The number of hydrogen-bond donors (Lipinski definition) is 3. The monoisotopic (exact) mass is 645 g/mol. The summed E-state index contributed by atoms with van der Waals surface area (Å²) < 4.78 is 10.5.